The standard InChI is InChI=1S/C13H13ClO/c1-3-5-10(4-2)13(15)11-6-8-12(14)9-7-11/h3-9,13,15H,1-2H2/b10-5+. The Morgan fingerprint density at radius 3 is 2.33 bits per heavy atom. The van der Waals surface area contributed by atoms with Gasteiger partial charge in [0.05, 0.1) is 0 Å². The summed E-state index contributed by atoms with van der Waals surface area (Å²) in [5.74, 6) is 0. The Labute approximate surface area is 95.0 Å². The average molecular weight is 221 g/mol. The van der Waals surface area contributed by atoms with Gasteiger partial charge in [-0.2, -0.15) is 0 Å². The topological polar surface area (TPSA) is 20.2 Å². The van der Waals surface area contributed by atoms with Crippen LogP contribution in [-0.2, 0) is 0 Å². The van der Waals surface area contributed by atoms with Crippen LogP contribution in [0.15, 0.2) is 61.2 Å². The highest BCUT2D eigenvalue weighted by Gasteiger charge is 2.09. The van der Waals surface area contributed by atoms with Crippen molar-refractivity contribution in [3.8, 4) is 0 Å². The smallest absolute Gasteiger partial charge is 0.104 e. The van der Waals surface area contributed by atoms with Crippen LogP contribution in [-0.4, -0.2) is 5.11 Å². The van der Waals surface area contributed by atoms with Crippen molar-refractivity contribution in [3.63, 3.8) is 0 Å². The van der Waals surface area contributed by atoms with Crippen molar-refractivity contribution < 1.29 is 5.11 Å². The SMILES string of the molecule is C=C/C=C(\C=C)C(O)c1ccc(Cl)cc1. The van der Waals surface area contributed by atoms with Gasteiger partial charge in [-0.25, -0.2) is 0 Å². The van der Waals surface area contributed by atoms with E-state index in [1.165, 1.54) is 0 Å². The Kier molecular flexibility index (Phi) is 4.35. The zero-order valence-electron chi connectivity index (χ0n) is 8.36. The molecule has 0 amide bonds. The molecule has 1 atom stereocenters. The summed E-state index contributed by atoms with van der Waals surface area (Å²) in [6, 6.07) is 7.06. The maximum atomic E-state index is 9.97. The van der Waals surface area contributed by atoms with Crippen LogP contribution >= 0.6 is 11.6 Å². The number of hydrogen-bond acceptors (Lipinski definition) is 1. The molecule has 15 heavy (non-hydrogen) atoms. The maximum Gasteiger partial charge on any atom is 0.104 e. The third-order valence-corrected chi connectivity index (χ3v) is 2.30. The van der Waals surface area contributed by atoms with Crippen molar-refractivity contribution in [2.75, 3.05) is 0 Å². The number of aliphatic hydroxyl groups is 1. The molecule has 0 aliphatic rings. The normalized spacial score (nSPS) is 13.3. The third-order valence-electron chi connectivity index (χ3n) is 2.05. The van der Waals surface area contributed by atoms with E-state index >= 15 is 0 Å². The molecule has 0 saturated carbocycles. The lowest BCUT2D eigenvalue weighted by Gasteiger charge is -2.11. The van der Waals surface area contributed by atoms with Crippen LogP contribution in [0.25, 0.3) is 0 Å². The zero-order chi connectivity index (χ0) is 11.3. The largest absolute Gasteiger partial charge is 0.384 e. The second kappa shape index (κ2) is 5.54. The molecule has 0 aliphatic carbocycles. The van der Waals surface area contributed by atoms with Gasteiger partial charge in [0.1, 0.15) is 6.10 Å². The summed E-state index contributed by atoms with van der Waals surface area (Å²) in [4.78, 5) is 0. The Morgan fingerprint density at radius 1 is 1.27 bits per heavy atom. The summed E-state index contributed by atoms with van der Waals surface area (Å²) in [6.45, 7) is 7.22. The highest BCUT2D eigenvalue weighted by Crippen LogP contribution is 2.23. The van der Waals surface area contributed by atoms with Gasteiger partial charge in [-0.3, -0.25) is 0 Å². The van der Waals surface area contributed by atoms with E-state index < -0.39 is 6.10 Å². The Morgan fingerprint density at radius 2 is 1.87 bits per heavy atom. The summed E-state index contributed by atoms with van der Waals surface area (Å²) >= 11 is 5.76. The molecule has 0 spiro atoms. The second-order valence-electron chi connectivity index (χ2n) is 3.06. The molecular weight excluding hydrogens is 208 g/mol. The first kappa shape index (κ1) is 11.8. The lowest BCUT2D eigenvalue weighted by Crippen LogP contribution is -1.99. The summed E-state index contributed by atoms with van der Waals surface area (Å²) in [7, 11) is 0. The van der Waals surface area contributed by atoms with Gasteiger partial charge < -0.3 is 5.11 Å². The fraction of sp³-hybridized carbons (Fsp3) is 0.0769. The van der Waals surface area contributed by atoms with Crippen molar-refractivity contribution in [2.45, 2.75) is 6.10 Å². The molecule has 1 unspecified atom stereocenters. The van der Waals surface area contributed by atoms with Crippen LogP contribution in [0, 0.1) is 0 Å². The van der Waals surface area contributed by atoms with Gasteiger partial charge in [-0.05, 0) is 23.3 Å². The molecule has 2 heteroatoms. The van der Waals surface area contributed by atoms with Crippen LogP contribution in [0.1, 0.15) is 11.7 Å². The molecule has 1 rings (SSSR count). The zero-order valence-corrected chi connectivity index (χ0v) is 9.11. The van der Waals surface area contributed by atoms with Crippen LogP contribution < -0.4 is 0 Å². The predicted octanol–water partition coefficient (Wildman–Crippen LogP) is 3.67. The number of benzene rings is 1. The van der Waals surface area contributed by atoms with Crippen molar-refractivity contribution in [2.24, 2.45) is 0 Å². The molecule has 1 N–H and O–H groups in total. The highest BCUT2D eigenvalue weighted by molar-refractivity contribution is 6.30. The Hall–Kier alpha value is -1.31. The van der Waals surface area contributed by atoms with Crippen LogP contribution in [0.2, 0.25) is 5.02 Å². The average Bonchev–Trinajstić information content (AvgIpc) is 2.26. The fourth-order valence-electron chi connectivity index (χ4n) is 1.24. The minimum Gasteiger partial charge on any atom is -0.384 e. The summed E-state index contributed by atoms with van der Waals surface area (Å²) < 4.78 is 0. The van der Waals surface area contributed by atoms with Gasteiger partial charge in [-0.1, -0.05) is 55.1 Å². The van der Waals surface area contributed by atoms with Gasteiger partial charge >= 0.3 is 0 Å². The molecule has 1 aromatic carbocycles. The minimum absolute atomic E-state index is 0.652. The molecule has 0 aromatic heterocycles. The van der Waals surface area contributed by atoms with E-state index in [9.17, 15) is 5.11 Å². The number of rotatable bonds is 4. The van der Waals surface area contributed by atoms with Crippen molar-refractivity contribution >= 4 is 11.6 Å². The third kappa shape index (κ3) is 3.08. The van der Waals surface area contributed by atoms with E-state index in [1.54, 1.807) is 42.5 Å². The molecule has 0 aliphatic heterocycles. The fourth-order valence-corrected chi connectivity index (χ4v) is 1.37. The first-order chi connectivity index (χ1) is 7.19. The van der Waals surface area contributed by atoms with E-state index in [1.807, 2.05) is 0 Å². The predicted molar refractivity (Wildman–Crippen MR) is 64.9 cm³/mol. The van der Waals surface area contributed by atoms with Crippen LogP contribution in [0.3, 0.4) is 0 Å². The number of halogens is 1. The van der Waals surface area contributed by atoms with Crippen molar-refractivity contribution in [3.05, 3.63) is 71.8 Å². The van der Waals surface area contributed by atoms with Gasteiger partial charge in [0.2, 0.25) is 0 Å². The highest BCUT2D eigenvalue weighted by atomic mass is 35.5. The first-order valence-corrected chi connectivity index (χ1v) is 4.95. The number of aliphatic hydroxyl groups excluding tert-OH is 1. The maximum absolute atomic E-state index is 9.97. The van der Waals surface area contributed by atoms with Gasteiger partial charge in [0, 0.05) is 5.02 Å². The van der Waals surface area contributed by atoms with E-state index in [4.69, 9.17) is 11.6 Å². The summed E-state index contributed by atoms with van der Waals surface area (Å²) in [5, 5.41) is 10.6. The van der Waals surface area contributed by atoms with E-state index in [0.29, 0.717) is 10.6 Å². The first-order valence-electron chi connectivity index (χ1n) is 4.57. The summed E-state index contributed by atoms with van der Waals surface area (Å²) in [6.07, 6.45) is 4.28. The van der Waals surface area contributed by atoms with Crippen LogP contribution in [0.4, 0.5) is 0 Å². The molecule has 0 radical (unpaired) electrons. The summed E-state index contributed by atoms with van der Waals surface area (Å²) in [5.41, 5.74) is 1.50. The van der Waals surface area contributed by atoms with Crippen LogP contribution in [0.5, 0.6) is 0 Å². The molecule has 1 aromatic rings. The quantitative estimate of drug-likeness (QED) is 0.768. The minimum atomic E-state index is -0.683. The Balaban J connectivity index is 2.97. The number of allylic oxidation sites excluding steroid dienone is 2. The van der Waals surface area contributed by atoms with Crippen molar-refractivity contribution in [1.82, 2.24) is 0 Å². The van der Waals surface area contributed by atoms with E-state index in [0.717, 1.165) is 5.56 Å². The molecule has 78 valence electrons. The second-order valence-corrected chi connectivity index (χ2v) is 3.50. The lowest BCUT2D eigenvalue weighted by atomic mass is 10.0. The molecule has 0 saturated heterocycles. The van der Waals surface area contributed by atoms with E-state index in [2.05, 4.69) is 13.2 Å². The molecule has 0 bridgehead atoms. The lowest BCUT2D eigenvalue weighted by molar-refractivity contribution is 0.219. The molecule has 0 fully saturated rings. The van der Waals surface area contributed by atoms with Crippen molar-refractivity contribution in [1.29, 1.82) is 0 Å². The molecule has 1 nitrogen and oxygen atoms in total. The van der Waals surface area contributed by atoms with E-state index in [-0.39, 0.29) is 0 Å². The molecular formula is C13H13ClO. The van der Waals surface area contributed by atoms with Gasteiger partial charge in [0.15, 0.2) is 0 Å². The van der Waals surface area contributed by atoms with Gasteiger partial charge in [0.25, 0.3) is 0 Å². The Bertz CT molecular complexity index is 376. The number of hydrogen-bond donors (Lipinski definition) is 1. The molecule has 0 heterocycles. The van der Waals surface area contributed by atoms with Gasteiger partial charge in [-0.15, -0.1) is 0 Å². The monoisotopic (exact) mass is 220 g/mol.